The van der Waals surface area contributed by atoms with Gasteiger partial charge >= 0.3 is 5.97 Å². The number of hydrogen-bond donors (Lipinski definition) is 1. The number of esters is 1. The van der Waals surface area contributed by atoms with Crippen LogP contribution in [0.4, 0.5) is 20.5 Å². The first-order valence-corrected chi connectivity index (χ1v) is 13.8. The van der Waals surface area contributed by atoms with Gasteiger partial charge in [0.05, 0.1) is 19.1 Å². The Bertz CT molecular complexity index is 1400. The topological polar surface area (TPSA) is 93.9 Å². The average molecular weight is 556 g/mol. The zero-order valence-electron chi connectivity index (χ0n) is 23.1. The summed E-state index contributed by atoms with van der Waals surface area (Å²) in [5.41, 5.74) is 0.407. The highest BCUT2D eigenvalue weighted by Crippen LogP contribution is 2.34. The number of carbonyl (C=O) groups is 2. The van der Waals surface area contributed by atoms with Gasteiger partial charge in [0.1, 0.15) is 11.3 Å². The van der Waals surface area contributed by atoms with Gasteiger partial charge in [-0.1, -0.05) is 12.1 Å². The number of carbonyl (C=O) groups excluding carboxylic acids is 2. The predicted octanol–water partition coefficient (Wildman–Crippen LogP) is 5.83. The highest BCUT2D eigenvalue weighted by Gasteiger charge is 2.44. The Balaban J connectivity index is 1.34. The molecule has 0 spiro atoms. The minimum Gasteiger partial charge on any atom is -0.469 e. The van der Waals surface area contributed by atoms with Crippen molar-refractivity contribution in [1.82, 2.24) is 9.88 Å². The number of nitrogens with one attached hydrogen (secondary N) is 1. The molecule has 2 aliphatic rings. The number of halogens is 2. The molecule has 1 aliphatic heterocycles. The van der Waals surface area contributed by atoms with Gasteiger partial charge in [0.15, 0.2) is 22.9 Å². The summed E-state index contributed by atoms with van der Waals surface area (Å²) in [7, 11) is 1.39. The molecule has 0 radical (unpaired) electrons. The molecule has 1 aliphatic carbocycles. The molecule has 2 fully saturated rings. The van der Waals surface area contributed by atoms with E-state index < -0.39 is 17.4 Å². The standard InChI is InChI=1S/C30H35F2N3O5/c1-18-6-10-21(31)17-24(18)34-29-33-23-13-9-20(26(32)27(23)39-29)16-25(36)30(2,35-14-4-5-15-35)40-22-11-7-19(8-12-22)28(37)38-3/h6,9-10,13,17,19,22H,4-5,7-8,11-12,14-16H2,1-3H3,(H,33,34). The van der Waals surface area contributed by atoms with Crippen molar-refractivity contribution in [3.63, 3.8) is 0 Å². The maximum Gasteiger partial charge on any atom is 0.308 e. The summed E-state index contributed by atoms with van der Waals surface area (Å²) in [6.07, 6.45) is 4.13. The first-order chi connectivity index (χ1) is 19.2. The second-order valence-corrected chi connectivity index (χ2v) is 10.9. The summed E-state index contributed by atoms with van der Waals surface area (Å²) in [5, 5.41) is 2.90. The number of hydrogen-bond acceptors (Lipinski definition) is 8. The third kappa shape index (κ3) is 5.74. The number of Topliss-reactive ketones (excluding diaryl/α,β-unsaturated/α-hetero) is 1. The zero-order chi connectivity index (χ0) is 28.4. The molecular weight excluding hydrogens is 520 g/mol. The maximum atomic E-state index is 15.6. The molecule has 1 aromatic heterocycles. The fraction of sp³-hybridized carbons (Fsp3) is 0.500. The van der Waals surface area contributed by atoms with Crippen LogP contribution in [0, 0.1) is 24.5 Å². The molecule has 1 atom stereocenters. The number of aryl methyl sites for hydroxylation is 1. The number of nitrogens with zero attached hydrogens (tertiary/aromatic N) is 2. The van der Waals surface area contributed by atoms with Gasteiger partial charge in [-0.05, 0) is 81.7 Å². The third-order valence-electron chi connectivity index (χ3n) is 8.20. The number of ether oxygens (including phenoxy) is 2. The van der Waals surface area contributed by atoms with Gasteiger partial charge in [0, 0.05) is 25.2 Å². The molecule has 0 bridgehead atoms. The van der Waals surface area contributed by atoms with E-state index >= 15 is 4.39 Å². The van der Waals surface area contributed by atoms with Crippen LogP contribution in [0.2, 0.25) is 0 Å². The van der Waals surface area contributed by atoms with E-state index in [1.807, 2.05) is 4.90 Å². The lowest BCUT2D eigenvalue weighted by atomic mass is 9.87. The van der Waals surface area contributed by atoms with Crippen LogP contribution in [-0.2, 0) is 25.5 Å². The molecule has 8 nitrogen and oxygen atoms in total. The Hall–Kier alpha value is -3.37. The molecular formula is C30H35F2N3O5. The first kappa shape index (κ1) is 28.2. The number of likely N-dealkylation sites (tertiary alicyclic amines) is 1. The Labute approximate surface area is 232 Å². The number of rotatable bonds is 9. The molecule has 1 saturated carbocycles. The second-order valence-electron chi connectivity index (χ2n) is 10.9. The minimum atomic E-state index is -1.22. The van der Waals surface area contributed by atoms with Gasteiger partial charge in [0.2, 0.25) is 0 Å². The smallest absolute Gasteiger partial charge is 0.308 e. The Morgan fingerprint density at radius 2 is 1.85 bits per heavy atom. The largest absolute Gasteiger partial charge is 0.469 e. The fourth-order valence-electron chi connectivity index (χ4n) is 5.74. The molecule has 2 aromatic carbocycles. The summed E-state index contributed by atoms with van der Waals surface area (Å²) >= 11 is 0. The van der Waals surface area contributed by atoms with Crippen molar-refractivity contribution < 1.29 is 32.3 Å². The van der Waals surface area contributed by atoms with Gasteiger partial charge in [-0.25, -0.2) is 8.78 Å². The zero-order valence-corrected chi connectivity index (χ0v) is 23.1. The van der Waals surface area contributed by atoms with Crippen molar-refractivity contribution in [3.8, 4) is 0 Å². The van der Waals surface area contributed by atoms with Crippen LogP contribution >= 0.6 is 0 Å². The van der Waals surface area contributed by atoms with Crippen molar-refractivity contribution in [2.24, 2.45) is 5.92 Å². The van der Waals surface area contributed by atoms with Gasteiger partial charge in [0.25, 0.3) is 6.01 Å². The van der Waals surface area contributed by atoms with Crippen LogP contribution in [0.3, 0.4) is 0 Å². The van der Waals surface area contributed by atoms with Crippen molar-refractivity contribution in [1.29, 1.82) is 0 Å². The number of aromatic nitrogens is 1. The van der Waals surface area contributed by atoms with Gasteiger partial charge in [-0.3, -0.25) is 14.5 Å². The van der Waals surface area contributed by atoms with Crippen molar-refractivity contribution in [3.05, 3.63) is 53.1 Å². The van der Waals surface area contributed by atoms with E-state index in [1.165, 1.54) is 19.2 Å². The summed E-state index contributed by atoms with van der Waals surface area (Å²) in [6.45, 7) is 5.02. The summed E-state index contributed by atoms with van der Waals surface area (Å²) < 4.78 is 46.4. The maximum absolute atomic E-state index is 15.6. The molecule has 10 heteroatoms. The van der Waals surface area contributed by atoms with E-state index in [2.05, 4.69) is 10.3 Å². The quantitative estimate of drug-likeness (QED) is 0.330. The number of benzene rings is 2. The average Bonchev–Trinajstić information content (AvgIpc) is 3.63. The summed E-state index contributed by atoms with van der Waals surface area (Å²) in [6, 6.07) is 7.46. The molecule has 0 amide bonds. The van der Waals surface area contributed by atoms with Crippen LogP contribution in [0.15, 0.2) is 34.7 Å². The van der Waals surface area contributed by atoms with E-state index in [1.54, 1.807) is 32.0 Å². The van der Waals surface area contributed by atoms with Gasteiger partial charge in [-0.15, -0.1) is 0 Å². The molecule has 214 valence electrons. The Morgan fingerprint density at radius 1 is 1.12 bits per heavy atom. The number of methoxy groups -OCH3 is 1. The predicted molar refractivity (Wildman–Crippen MR) is 145 cm³/mol. The van der Waals surface area contributed by atoms with E-state index in [9.17, 15) is 14.0 Å². The molecule has 5 rings (SSSR count). The van der Waals surface area contributed by atoms with Gasteiger partial charge < -0.3 is 19.2 Å². The van der Waals surface area contributed by atoms with Crippen molar-refractivity contribution in [2.45, 2.75) is 70.6 Å². The minimum absolute atomic E-state index is 0.0267. The van der Waals surface area contributed by atoms with E-state index in [-0.39, 0.29) is 52.9 Å². The van der Waals surface area contributed by atoms with Gasteiger partial charge in [-0.2, -0.15) is 4.98 Å². The van der Waals surface area contributed by atoms with Crippen LogP contribution in [0.5, 0.6) is 0 Å². The molecule has 3 aromatic rings. The SMILES string of the molecule is COC(=O)C1CCC(OC(C)(C(=O)Cc2ccc3nc(Nc4cc(F)ccc4C)oc3c2F)N2CCCC2)CC1. The Kier molecular flexibility index (Phi) is 8.19. The van der Waals surface area contributed by atoms with Crippen molar-refractivity contribution >= 4 is 34.6 Å². The molecule has 1 saturated heterocycles. The van der Waals surface area contributed by atoms with Crippen LogP contribution < -0.4 is 5.32 Å². The van der Waals surface area contributed by atoms with E-state index in [0.29, 0.717) is 31.4 Å². The monoisotopic (exact) mass is 555 g/mol. The summed E-state index contributed by atoms with van der Waals surface area (Å²) in [4.78, 5) is 32.1. The highest BCUT2D eigenvalue weighted by molar-refractivity contribution is 5.89. The molecule has 2 heterocycles. The molecule has 1 unspecified atom stereocenters. The summed E-state index contributed by atoms with van der Waals surface area (Å²) in [5.74, 6) is -1.68. The molecule has 1 N–H and O–H groups in total. The number of anilines is 2. The number of ketones is 1. The third-order valence-corrected chi connectivity index (χ3v) is 8.20. The van der Waals surface area contributed by atoms with Crippen LogP contribution in [0.1, 0.15) is 56.6 Å². The highest BCUT2D eigenvalue weighted by atomic mass is 19.1. The normalized spacial score (nSPS) is 21.3. The van der Waals surface area contributed by atoms with Crippen molar-refractivity contribution in [2.75, 3.05) is 25.5 Å². The van der Waals surface area contributed by atoms with E-state index in [0.717, 1.165) is 31.5 Å². The fourth-order valence-corrected chi connectivity index (χ4v) is 5.74. The van der Waals surface area contributed by atoms with E-state index in [4.69, 9.17) is 13.9 Å². The second kappa shape index (κ2) is 11.6. The molecule has 40 heavy (non-hydrogen) atoms. The lowest BCUT2D eigenvalue weighted by Crippen LogP contribution is -2.56. The Morgan fingerprint density at radius 3 is 2.55 bits per heavy atom. The lowest BCUT2D eigenvalue weighted by molar-refractivity contribution is -0.190. The lowest BCUT2D eigenvalue weighted by Gasteiger charge is -2.41. The number of fused-ring (bicyclic) bond motifs is 1. The van der Waals surface area contributed by atoms with Crippen LogP contribution in [0.25, 0.3) is 11.1 Å². The number of oxazole rings is 1. The first-order valence-electron chi connectivity index (χ1n) is 13.8. The van der Waals surface area contributed by atoms with Crippen LogP contribution in [-0.4, -0.2) is 53.7 Å².